The summed E-state index contributed by atoms with van der Waals surface area (Å²) in [6.45, 7) is 5.63. The minimum absolute atomic E-state index is 0.165. The van der Waals surface area contributed by atoms with Crippen LogP contribution in [0.1, 0.15) is 53.4 Å². The Hall–Kier alpha value is -2.73. The van der Waals surface area contributed by atoms with Gasteiger partial charge in [-0.15, -0.1) is 0 Å². The molecule has 124 valence electrons. The number of nitrogens with one attached hydrogen (secondary N) is 1. The molecular formula is C18H19N3O3. The van der Waals surface area contributed by atoms with Crippen molar-refractivity contribution in [2.45, 2.75) is 32.5 Å². The van der Waals surface area contributed by atoms with Crippen LogP contribution in [0.15, 0.2) is 42.6 Å². The van der Waals surface area contributed by atoms with Gasteiger partial charge in [0.1, 0.15) is 5.69 Å². The van der Waals surface area contributed by atoms with Crippen LogP contribution < -0.4 is 10.2 Å². The van der Waals surface area contributed by atoms with Crippen LogP contribution in [0, 0.1) is 0 Å². The largest absolute Gasteiger partial charge is 0.369 e. The van der Waals surface area contributed by atoms with Crippen molar-refractivity contribution in [2.75, 3.05) is 4.90 Å². The smallest absolute Gasteiger partial charge is 0.279 e. The van der Waals surface area contributed by atoms with Crippen molar-refractivity contribution in [1.29, 1.82) is 0 Å². The third kappa shape index (κ3) is 2.88. The van der Waals surface area contributed by atoms with Gasteiger partial charge < -0.3 is 10.4 Å². The van der Waals surface area contributed by atoms with Crippen molar-refractivity contribution in [1.82, 2.24) is 10.3 Å². The molecule has 1 aromatic heterocycles. The average Bonchev–Trinajstić information content (AvgIpc) is 2.77. The van der Waals surface area contributed by atoms with Crippen LogP contribution in [0.25, 0.3) is 0 Å². The third-order valence-electron chi connectivity index (χ3n) is 3.65. The summed E-state index contributed by atoms with van der Waals surface area (Å²) in [5, 5.41) is 13.4. The van der Waals surface area contributed by atoms with Gasteiger partial charge in [0.2, 0.25) is 0 Å². The summed E-state index contributed by atoms with van der Waals surface area (Å²) in [6.07, 6.45) is 0.198. The number of carbonyl (C=O) groups excluding carboxylic acids is 2. The second kappa shape index (κ2) is 5.72. The van der Waals surface area contributed by atoms with E-state index in [2.05, 4.69) is 10.3 Å². The van der Waals surface area contributed by atoms with Gasteiger partial charge in [0.15, 0.2) is 6.23 Å². The third-order valence-corrected chi connectivity index (χ3v) is 3.65. The Morgan fingerprint density at radius 3 is 2.54 bits per heavy atom. The van der Waals surface area contributed by atoms with Gasteiger partial charge in [0.25, 0.3) is 11.8 Å². The zero-order chi connectivity index (χ0) is 17.5. The van der Waals surface area contributed by atoms with Crippen LogP contribution in [0.3, 0.4) is 0 Å². The SMILES string of the molecule is CC(C)(C)NC(=O)c1cnc2c(c1)C(O)N(c1ccccc1)C2=O. The first-order chi connectivity index (χ1) is 11.3. The van der Waals surface area contributed by atoms with E-state index in [9.17, 15) is 14.7 Å². The van der Waals surface area contributed by atoms with Gasteiger partial charge in [-0.1, -0.05) is 18.2 Å². The average molecular weight is 325 g/mol. The van der Waals surface area contributed by atoms with Gasteiger partial charge in [-0.3, -0.25) is 14.5 Å². The zero-order valence-corrected chi connectivity index (χ0v) is 13.8. The first kappa shape index (κ1) is 16.1. The molecule has 0 spiro atoms. The number of anilines is 1. The van der Waals surface area contributed by atoms with E-state index in [0.717, 1.165) is 0 Å². The highest BCUT2D eigenvalue weighted by molar-refractivity contribution is 6.10. The molecule has 2 amide bonds. The predicted octanol–water partition coefficient (Wildman–Crippen LogP) is 2.26. The van der Waals surface area contributed by atoms with Gasteiger partial charge in [0, 0.05) is 23.0 Å². The molecule has 1 unspecified atom stereocenters. The van der Waals surface area contributed by atoms with E-state index in [4.69, 9.17) is 0 Å². The molecule has 1 aromatic carbocycles. The Bertz CT molecular complexity index is 797. The Kier molecular flexibility index (Phi) is 3.85. The number of hydrogen-bond donors (Lipinski definition) is 2. The van der Waals surface area contributed by atoms with E-state index in [0.29, 0.717) is 16.8 Å². The van der Waals surface area contributed by atoms with Gasteiger partial charge in [-0.05, 0) is 39.0 Å². The first-order valence-electron chi connectivity index (χ1n) is 7.67. The number of fused-ring (bicyclic) bond motifs is 1. The number of amides is 2. The first-order valence-corrected chi connectivity index (χ1v) is 7.67. The second-order valence-electron chi connectivity index (χ2n) is 6.75. The molecule has 0 fully saturated rings. The van der Waals surface area contributed by atoms with E-state index in [1.54, 1.807) is 24.3 Å². The molecule has 2 N–H and O–H groups in total. The van der Waals surface area contributed by atoms with Crippen LogP contribution in [0.4, 0.5) is 5.69 Å². The van der Waals surface area contributed by atoms with Crippen molar-refractivity contribution < 1.29 is 14.7 Å². The Labute approximate surface area is 140 Å². The molecule has 2 heterocycles. The number of benzene rings is 1. The van der Waals surface area contributed by atoms with E-state index < -0.39 is 6.23 Å². The number of aliphatic hydroxyl groups excluding tert-OH is 1. The highest BCUT2D eigenvalue weighted by Gasteiger charge is 2.38. The lowest BCUT2D eigenvalue weighted by Crippen LogP contribution is -2.40. The Morgan fingerprint density at radius 1 is 1.25 bits per heavy atom. The van der Waals surface area contributed by atoms with E-state index in [-0.39, 0.29) is 23.0 Å². The van der Waals surface area contributed by atoms with Crippen molar-refractivity contribution in [3.8, 4) is 0 Å². The minimum Gasteiger partial charge on any atom is -0.369 e. The fraction of sp³-hybridized carbons (Fsp3) is 0.278. The molecule has 6 heteroatoms. The van der Waals surface area contributed by atoms with E-state index in [1.807, 2.05) is 26.8 Å². The quantitative estimate of drug-likeness (QED) is 0.887. The summed E-state index contributed by atoms with van der Waals surface area (Å²) in [5.41, 5.74) is 1.00. The maximum atomic E-state index is 12.5. The number of hydrogen-bond acceptors (Lipinski definition) is 4. The summed E-state index contributed by atoms with van der Waals surface area (Å²) in [7, 11) is 0. The molecule has 0 bridgehead atoms. The van der Waals surface area contributed by atoms with Crippen molar-refractivity contribution in [3.63, 3.8) is 0 Å². The lowest BCUT2D eigenvalue weighted by molar-refractivity contribution is 0.0915. The highest BCUT2D eigenvalue weighted by Crippen LogP contribution is 2.35. The number of aromatic nitrogens is 1. The maximum absolute atomic E-state index is 12.5. The molecule has 6 nitrogen and oxygen atoms in total. The van der Waals surface area contributed by atoms with Crippen molar-refractivity contribution in [2.24, 2.45) is 0 Å². The number of rotatable bonds is 2. The van der Waals surface area contributed by atoms with Gasteiger partial charge in [0.05, 0.1) is 5.56 Å². The number of aliphatic hydroxyl groups is 1. The maximum Gasteiger partial charge on any atom is 0.279 e. The number of para-hydroxylation sites is 1. The molecule has 3 rings (SSSR count). The summed E-state index contributed by atoms with van der Waals surface area (Å²) in [4.78, 5) is 30.2. The summed E-state index contributed by atoms with van der Waals surface area (Å²) in [5.74, 6) is -0.679. The minimum atomic E-state index is -1.16. The van der Waals surface area contributed by atoms with E-state index in [1.165, 1.54) is 17.2 Å². The lowest BCUT2D eigenvalue weighted by Gasteiger charge is -2.21. The van der Waals surface area contributed by atoms with Gasteiger partial charge >= 0.3 is 0 Å². The molecular weight excluding hydrogens is 306 g/mol. The molecule has 0 aliphatic carbocycles. The number of nitrogens with zero attached hydrogens (tertiary/aromatic N) is 2. The zero-order valence-electron chi connectivity index (χ0n) is 13.8. The number of carbonyl (C=O) groups is 2. The monoisotopic (exact) mass is 325 g/mol. The standard InChI is InChI=1S/C18H19N3O3/c1-18(2,3)20-15(22)11-9-13-14(19-10-11)17(24)21(16(13)23)12-7-5-4-6-8-12/h4-10,16,23H,1-3H3,(H,20,22). The Balaban J connectivity index is 1.95. The fourth-order valence-electron chi connectivity index (χ4n) is 2.61. The summed E-state index contributed by atoms with van der Waals surface area (Å²) in [6, 6.07) is 10.4. The number of pyridine rings is 1. The van der Waals surface area contributed by atoms with Crippen LogP contribution >= 0.6 is 0 Å². The molecule has 1 aliphatic rings. The molecule has 1 atom stereocenters. The van der Waals surface area contributed by atoms with Gasteiger partial charge in [-0.2, -0.15) is 0 Å². The van der Waals surface area contributed by atoms with Crippen LogP contribution in [0.2, 0.25) is 0 Å². The molecule has 24 heavy (non-hydrogen) atoms. The second-order valence-corrected chi connectivity index (χ2v) is 6.75. The van der Waals surface area contributed by atoms with Crippen LogP contribution in [-0.4, -0.2) is 27.4 Å². The molecule has 0 radical (unpaired) electrons. The predicted molar refractivity (Wildman–Crippen MR) is 89.7 cm³/mol. The van der Waals surface area contributed by atoms with Crippen molar-refractivity contribution >= 4 is 17.5 Å². The Morgan fingerprint density at radius 2 is 1.92 bits per heavy atom. The van der Waals surface area contributed by atoms with Crippen molar-refractivity contribution in [3.05, 3.63) is 59.4 Å². The van der Waals surface area contributed by atoms with E-state index >= 15 is 0 Å². The normalized spacial score (nSPS) is 16.9. The molecule has 0 saturated heterocycles. The van der Waals surface area contributed by atoms with Gasteiger partial charge in [-0.25, -0.2) is 4.98 Å². The summed E-state index contributed by atoms with van der Waals surface area (Å²) < 4.78 is 0. The molecule has 1 aliphatic heterocycles. The fourth-order valence-corrected chi connectivity index (χ4v) is 2.61. The lowest BCUT2D eigenvalue weighted by atomic mass is 10.1. The van der Waals surface area contributed by atoms with Crippen LogP contribution in [-0.2, 0) is 0 Å². The topological polar surface area (TPSA) is 82.5 Å². The highest BCUT2D eigenvalue weighted by atomic mass is 16.3. The molecule has 2 aromatic rings. The molecule has 0 saturated carbocycles. The van der Waals surface area contributed by atoms with Crippen LogP contribution in [0.5, 0.6) is 0 Å². The summed E-state index contributed by atoms with van der Waals surface area (Å²) >= 11 is 0.